The van der Waals surface area contributed by atoms with Gasteiger partial charge in [0.2, 0.25) is 12.7 Å². The van der Waals surface area contributed by atoms with Crippen molar-refractivity contribution >= 4 is 23.5 Å². The van der Waals surface area contributed by atoms with Crippen molar-refractivity contribution in [2.45, 2.75) is 51.0 Å². The Kier molecular flexibility index (Phi) is 6.26. The fourth-order valence-corrected chi connectivity index (χ4v) is 4.23. The van der Waals surface area contributed by atoms with E-state index in [1.165, 1.54) is 19.4 Å². The van der Waals surface area contributed by atoms with Crippen molar-refractivity contribution in [3.05, 3.63) is 53.6 Å². The first-order chi connectivity index (χ1) is 15.7. The number of nitrogens with one attached hydrogen (secondary N) is 2. The van der Waals surface area contributed by atoms with Gasteiger partial charge in [0.05, 0.1) is 0 Å². The van der Waals surface area contributed by atoms with Crippen LogP contribution in [0.4, 0.5) is 5.69 Å². The molecule has 1 aliphatic carbocycles. The largest absolute Gasteiger partial charge is 0.480 e. The Bertz CT molecular complexity index is 1060. The number of carboxylic acids is 1. The zero-order valence-electron chi connectivity index (χ0n) is 18.7. The van der Waals surface area contributed by atoms with E-state index in [0.29, 0.717) is 28.7 Å². The molecule has 3 N–H and O–H groups in total. The Labute approximate surface area is 192 Å². The molecule has 4 rings (SSSR count). The molecule has 0 bridgehead atoms. The normalized spacial score (nSPS) is 19.6. The van der Waals surface area contributed by atoms with Gasteiger partial charge < -0.3 is 25.2 Å². The molecule has 2 amide bonds. The molecular weight excluding hydrogens is 424 g/mol. The monoisotopic (exact) mass is 452 g/mol. The molecular formula is C25H28N2O6. The van der Waals surface area contributed by atoms with Crippen LogP contribution in [0.15, 0.2) is 42.5 Å². The van der Waals surface area contributed by atoms with Gasteiger partial charge in [-0.15, -0.1) is 0 Å². The van der Waals surface area contributed by atoms with Gasteiger partial charge in [-0.05, 0) is 81.3 Å². The molecule has 2 aliphatic rings. The molecule has 2 aromatic carbocycles. The number of amides is 2. The summed E-state index contributed by atoms with van der Waals surface area (Å²) in [5.41, 5.74) is 1.09. The Hall–Kier alpha value is -3.55. The van der Waals surface area contributed by atoms with Crippen molar-refractivity contribution in [2.75, 3.05) is 12.1 Å². The predicted octanol–water partition coefficient (Wildman–Crippen LogP) is 3.92. The molecule has 8 nitrogen and oxygen atoms in total. The summed E-state index contributed by atoms with van der Waals surface area (Å²) in [5, 5.41) is 14.7. The molecule has 33 heavy (non-hydrogen) atoms. The third-order valence-electron chi connectivity index (χ3n) is 6.34. The van der Waals surface area contributed by atoms with Gasteiger partial charge in [0.15, 0.2) is 11.5 Å². The van der Waals surface area contributed by atoms with Crippen LogP contribution in [-0.4, -0.2) is 35.2 Å². The van der Waals surface area contributed by atoms with Crippen LogP contribution in [-0.2, 0) is 9.59 Å². The minimum atomic E-state index is -1.27. The minimum absolute atomic E-state index is 0.161. The number of anilines is 1. The number of carbonyl (C=O) groups excluding carboxylic acids is 2. The van der Waals surface area contributed by atoms with Crippen LogP contribution in [0.25, 0.3) is 0 Å². The van der Waals surface area contributed by atoms with Crippen LogP contribution in [0, 0.1) is 5.92 Å². The maximum absolute atomic E-state index is 12.6. The molecule has 0 unspecified atom stereocenters. The van der Waals surface area contributed by atoms with E-state index in [1.807, 2.05) is 24.3 Å². The molecule has 0 radical (unpaired) electrons. The lowest BCUT2D eigenvalue weighted by Gasteiger charge is -2.30. The smallest absolute Gasteiger partial charge is 0.328 e. The molecule has 0 aromatic heterocycles. The summed E-state index contributed by atoms with van der Waals surface area (Å²) in [4.78, 5) is 36.3. The van der Waals surface area contributed by atoms with Gasteiger partial charge in [0.1, 0.15) is 5.54 Å². The third kappa shape index (κ3) is 5.10. The maximum atomic E-state index is 12.6. The van der Waals surface area contributed by atoms with Gasteiger partial charge in [0.25, 0.3) is 5.91 Å². The van der Waals surface area contributed by atoms with E-state index >= 15 is 0 Å². The summed E-state index contributed by atoms with van der Waals surface area (Å²) in [6.45, 7) is 3.15. The van der Waals surface area contributed by atoms with E-state index in [2.05, 4.69) is 10.6 Å². The molecule has 0 atom stereocenters. The number of ether oxygens (including phenoxy) is 2. The minimum Gasteiger partial charge on any atom is -0.480 e. The first-order valence-corrected chi connectivity index (χ1v) is 11.1. The third-order valence-corrected chi connectivity index (χ3v) is 6.34. The summed E-state index contributed by atoms with van der Waals surface area (Å²) < 4.78 is 10.6. The molecule has 174 valence electrons. The van der Waals surface area contributed by atoms with E-state index < -0.39 is 11.5 Å². The van der Waals surface area contributed by atoms with Gasteiger partial charge in [0, 0.05) is 17.2 Å². The number of hydrogen-bond donors (Lipinski definition) is 3. The van der Waals surface area contributed by atoms with Crippen LogP contribution in [0.1, 0.15) is 61.4 Å². The van der Waals surface area contributed by atoms with Crippen LogP contribution < -0.4 is 20.1 Å². The lowest BCUT2D eigenvalue weighted by Crippen LogP contribution is -2.51. The summed E-state index contributed by atoms with van der Waals surface area (Å²) >= 11 is 0. The number of aliphatic carboxylic acids is 1. The molecule has 0 saturated heterocycles. The van der Waals surface area contributed by atoms with Gasteiger partial charge in [-0.25, -0.2) is 4.79 Å². The summed E-state index contributed by atoms with van der Waals surface area (Å²) in [5.74, 6) is -0.0997. The highest BCUT2D eigenvalue weighted by Crippen LogP contribution is 2.37. The van der Waals surface area contributed by atoms with E-state index in [-0.39, 0.29) is 24.5 Å². The highest BCUT2D eigenvalue weighted by molar-refractivity contribution is 6.04. The van der Waals surface area contributed by atoms with Crippen LogP contribution in [0.3, 0.4) is 0 Å². The topological polar surface area (TPSA) is 114 Å². The Morgan fingerprint density at radius 1 is 0.939 bits per heavy atom. The lowest BCUT2D eigenvalue weighted by molar-refractivity contribution is -0.146. The van der Waals surface area contributed by atoms with E-state index in [1.54, 1.807) is 18.2 Å². The number of fused-ring (bicyclic) bond motifs is 1. The molecule has 8 heteroatoms. The SMILES string of the molecule is CC(C)(NC(=O)C1CCC(c2ccc(NC(=O)c3ccc4c(c3)OCO4)cc2)CC1)C(=O)O. The molecule has 1 heterocycles. The van der Waals surface area contributed by atoms with E-state index in [4.69, 9.17) is 9.47 Å². The number of carboxylic acid groups (broad SMARTS) is 1. The van der Waals surface area contributed by atoms with E-state index in [9.17, 15) is 19.5 Å². The predicted molar refractivity (Wildman–Crippen MR) is 122 cm³/mol. The zero-order chi connectivity index (χ0) is 23.6. The van der Waals surface area contributed by atoms with Crippen molar-refractivity contribution in [1.29, 1.82) is 0 Å². The summed E-state index contributed by atoms with van der Waals surface area (Å²) in [6, 6.07) is 12.9. The Balaban J connectivity index is 1.30. The number of benzene rings is 2. The second-order valence-corrected chi connectivity index (χ2v) is 9.11. The number of hydrogen-bond acceptors (Lipinski definition) is 5. The van der Waals surface area contributed by atoms with Crippen molar-refractivity contribution in [3.8, 4) is 11.5 Å². The first kappa shape index (κ1) is 22.6. The molecule has 0 spiro atoms. The second kappa shape index (κ2) is 9.13. The maximum Gasteiger partial charge on any atom is 0.328 e. The average molecular weight is 453 g/mol. The van der Waals surface area contributed by atoms with Crippen LogP contribution >= 0.6 is 0 Å². The molecule has 1 aliphatic heterocycles. The van der Waals surface area contributed by atoms with Crippen molar-refractivity contribution in [3.63, 3.8) is 0 Å². The van der Waals surface area contributed by atoms with Crippen LogP contribution in [0.2, 0.25) is 0 Å². The summed E-state index contributed by atoms with van der Waals surface area (Å²) in [6.07, 6.45) is 3.15. The highest BCUT2D eigenvalue weighted by atomic mass is 16.7. The standard InChI is InChI=1S/C25H28N2O6/c1-25(2,24(30)31)27-23(29)17-5-3-15(4-6-17)16-7-10-19(11-8-16)26-22(28)18-9-12-20-21(13-18)33-14-32-20/h7-13,15,17H,3-6,14H2,1-2H3,(H,26,28)(H,27,29)(H,30,31). The molecule has 2 aromatic rings. The fourth-order valence-electron chi connectivity index (χ4n) is 4.23. The van der Waals surface area contributed by atoms with Gasteiger partial charge >= 0.3 is 5.97 Å². The van der Waals surface area contributed by atoms with E-state index in [0.717, 1.165) is 25.7 Å². The Morgan fingerprint density at radius 3 is 2.27 bits per heavy atom. The van der Waals surface area contributed by atoms with Crippen molar-refractivity contribution < 1.29 is 29.0 Å². The molecule has 1 fully saturated rings. The van der Waals surface area contributed by atoms with Gasteiger partial charge in [-0.2, -0.15) is 0 Å². The fraction of sp³-hybridized carbons (Fsp3) is 0.400. The van der Waals surface area contributed by atoms with Crippen molar-refractivity contribution in [2.24, 2.45) is 5.92 Å². The quantitative estimate of drug-likeness (QED) is 0.612. The molecule has 1 saturated carbocycles. The lowest BCUT2D eigenvalue weighted by atomic mass is 9.78. The second-order valence-electron chi connectivity index (χ2n) is 9.11. The number of carbonyl (C=O) groups is 3. The Morgan fingerprint density at radius 2 is 1.61 bits per heavy atom. The first-order valence-electron chi connectivity index (χ1n) is 11.1. The van der Waals surface area contributed by atoms with Gasteiger partial charge in [-0.1, -0.05) is 12.1 Å². The van der Waals surface area contributed by atoms with Crippen molar-refractivity contribution in [1.82, 2.24) is 5.32 Å². The zero-order valence-corrected chi connectivity index (χ0v) is 18.7. The van der Waals surface area contributed by atoms with Crippen LogP contribution in [0.5, 0.6) is 11.5 Å². The number of rotatable bonds is 6. The average Bonchev–Trinajstić information content (AvgIpc) is 3.27. The highest BCUT2D eigenvalue weighted by Gasteiger charge is 2.33. The van der Waals surface area contributed by atoms with Gasteiger partial charge in [-0.3, -0.25) is 9.59 Å². The summed E-state index contributed by atoms with van der Waals surface area (Å²) in [7, 11) is 0.